The number of carbonyl (C=O) groups is 2. The highest BCUT2D eigenvalue weighted by molar-refractivity contribution is 6.34. The Kier molecular flexibility index (Phi) is 5.95. The third-order valence-electron chi connectivity index (χ3n) is 3.17. The van der Waals surface area contributed by atoms with Crippen LogP contribution in [0.5, 0.6) is 0 Å². The van der Waals surface area contributed by atoms with Crippen molar-refractivity contribution < 1.29 is 19.2 Å². The van der Waals surface area contributed by atoms with Gasteiger partial charge in [-0.3, -0.25) is 14.9 Å². The molecule has 0 radical (unpaired) electrons. The molecule has 1 amide bonds. The van der Waals surface area contributed by atoms with Crippen LogP contribution in [0, 0.1) is 10.1 Å². The number of nitro benzene ring substituents is 1. The number of hydrogen-bond donors (Lipinski definition) is 1. The van der Waals surface area contributed by atoms with Crippen LogP contribution in [0.25, 0.3) is 0 Å². The summed E-state index contributed by atoms with van der Waals surface area (Å²) in [5, 5.41) is 13.5. The van der Waals surface area contributed by atoms with Crippen molar-refractivity contribution in [1.29, 1.82) is 0 Å². The maximum absolute atomic E-state index is 12.1. The molecule has 0 fully saturated rings. The van der Waals surface area contributed by atoms with Crippen LogP contribution < -0.4 is 5.32 Å². The van der Waals surface area contributed by atoms with E-state index in [1.807, 2.05) is 0 Å². The molecular weight excluding hydrogens is 371 g/mol. The molecule has 0 aliphatic carbocycles. The molecule has 0 aliphatic heterocycles. The van der Waals surface area contributed by atoms with Gasteiger partial charge in [0.1, 0.15) is 0 Å². The van der Waals surface area contributed by atoms with E-state index < -0.39 is 22.9 Å². The summed E-state index contributed by atoms with van der Waals surface area (Å²) in [5.74, 6) is -1.46. The van der Waals surface area contributed by atoms with Crippen molar-refractivity contribution in [3.05, 3.63) is 68.2 Å². The Morgan fingerprint density at radius 1 is 1.16 bits per heavy atom. The van der Waals surface area contributed by atoms with Gasteiger partial charge in [0, 0.05) is 12.1 Å². The Labute approximate surface area is 152 Å². The Morgan fingerprint density at radius 2 is 1.84 bits per heavy atom. The van der Waals surface area contributed by atoms with Crippen LogP contribution in [0.2, 0.25) is 10.0 Å². The molecule has 130 valence electrons. The predicted molar refractivity (Wildman–Crippen MR) is 93.1 cm³/mol. The average Bonchev–Trinajstić information content (AvgIpc) is 2.56. The highest BCUT2D eigenvalue weighted by atomic mass is 35.5. The lowest BCUT2D eigenvalue weighted by molar-refractivity contribution is -0.384. The quantitative estimate of drug-likeness (QED) is 0.477. The minimum absolute atomic E-state index is 0.0431. The van der Waals surface area contributed by atoms with E-state index in [-0.39, 0.29) is 27.0 Å². The first-order chi connectivity index (χ1) is 11.8. The number of hydrogen-bond acceptors (Lipinski definition) is 5. The number of nitrogens with one attached hydrogen (secondary N) is 1. The number of nitrogens with zero attached hydrogens (tertiary/aromatic N) is 1. The summed E-state index contributed by atoms with van der Waals surface area (Å²) in [6.45, 7) is 1.36. The van der Waals surface area contributed by atoms with Gasteiger partial charge in [-0.25, -0.2) is 4.79 Å². The minimum atomic E-state index is -1.17. The lowest BCUT2D eigenvalue weighted by Crippen LogP contribution is -2.30. The third kappa shape index (κ3) is 4.68. The number of esters is 1. The Balaban J connectivity index is 2.08. The zero-order chi connectivity index (χ0) is 18.6. The largest absolute Gasteiger partial charge is 0.449 e. The summed E-state index contributed by atoms with van der Waals surface area (Å²) in [5.41, 5.74) is -0.0703. The van der Waals surface area contributed by atoms with Gasteiger partial charge in [-0.2, -0.15) is 0 Å². The Hall–Kier alpha value is -2.64. The van der Waals surface area contributed by atoms with Gasteiger partial charge < -0.3 is 10.1 Å². The van der Waals surface area contributed by atoms with E-state index in [0.717, 1.165) is 6.07 Å². The van der Waals surface area contributed by atoms with E-state index >= 15 is 0 Å². The number of rotatable bonds is 5. The third-order valence-corrected chi connectivity index (χ3v) is 3.82. The lowest BCUT2D eigenvalue weighted by Gasteiger charge is -2.14. The molecule has 0 aliphatic rings. The van der Waals surface area contributed by atoms with Crippen LogP contribution in [-0.2, 0) is 9.53 Å². The molecule has 0 heterocycles. The van der Waals surface area contributed by atoms with Crippen LogP contribution in [-0.4, -0.2) is 22.9 Å². The number of nitro groups is 1. The van der Waals surface area contributed by atoms with E-state index in [2.05, 4.69) is 5.32 Å². The summed E-state index contributed by atoms with van der Waals surface area (Å²) in [6, 6.07) is 9.85. The number of anilines is 1. The summed E-state index contributed by atoms with van der Waals surface area (Å²) in [6.07, 6.45) is -1.17. The first kappa shape index (κ1) is 18.7. The first-order valence-corrected chi connectivity index (χ1v) is 7.75. The molecule has 7 nitrogen and oxygen atoms in total. The normalized spacial score (nSPS) is 11.5. The molecule has 9 heteroatoms. The average molecular weight is 383 g/mol. The van der Waals surface area contributed by atoms with Crippen LogP contribution in [0.15, 0.2) is 42.5 Å². The topological polar surface area (TPSA) is 98.5 Å². The molecule has 1 N–H and O–H groups in total. The molecule has 0 saturated heterocycles. The van der Waals surface area contributed by atoms with E-state index in [0.29, 0.717) is 0 Å². The fourth-order valence-corrected chi connectivity index (χ4v) is 2.24. The van der Waals surface area contributed by atoms with Crippen molar-refractivity contribution in [2.24, 2.45) is 0 Å². The van der Waals surface area contributed by atoms with Gasteiger partial charge in [0.25, 0.3) is 11.6 Å². The van der Waals surface area contributed by atoms with Gasteiger partial charge in [0.15, 0.2) is 6.10 Å². The zero-order valence-electron chi connectivity index (χ0n) is 12.9. The lowest BCUT2D eigenvalue weighted by atomic mass is 10.2. The maximum Gasteiger partial charge on any atom is 0.340 e. The van der Waals surface area contributed by atoms with Crippen molar-refractivity contribution in [3.63, 3.8) is 0 Å². The summed E-state index contributed by atoms with van der Waals surface area (Å²) in [4.78, 5) is 34.4. The predicted octanol–water partition coefficient (Wildman–Crippen LogP) is 4.09. The van der Waals surface area contributed by atoms with Gasteiger partial charge >= 0.3 is 5.97 Å². The highest BCUT2D eigenvalue weighted by Gasteiger charge is 2.22. The summed E-state index contributed by atoms with van der Waals surface area (Å²) in [7, 11) is 0. The molecule has 0 saturated carbocycles. The first-order valence-electron chi connectivity index (χ1n) is 7.00. The molecule has 0 aromatic heterocycles. The van der Waals surface area contributed by atoms with Gasteiger partial charge in [-0.15, -0.1) is 0 Å². The molecule has 2 rings (SSSR count). The second-order valence-electron chi connectivity index (χ2n) is 4.94. The smallest absolute Gasteiger partial charge is 0.340 e. The summed E-state index contributed by atoms with van der Waals surface area (Å²) < 4.78 is 5.06. The number of ether oxygens (including phenoxy) is 1. The standard InChI is InChI=1S/C16H12Cl2N2O5/c1-9(25-16(22)11-4-2-3-5-12(11)17)15(21)19-14-8-10(20(23)24)6-7-13(14)18/h2-9H,1H3,(H,19,21). The number of carbonyl (C=O) groups excluding carboxylic acids is 2. The zero-order valence-corrected chi connectivity index (χ0v) is 14.4. The van der Waals surface area contributed by atoms with Gasteiger partial charge in [-0.05, 0) is 25.1 Å². The molecule has 2 aromatic carbocycles. The van der Waals surface area contributed by atoms with Gasteiger partial charge in [0.05, 0.1) is 26.2 Å². The Morgan fingerprint density at radius 3 is 2.48 bits per heavy atom. The van der Waals surface area contributed by atoms with E-state index in [1.165, 1.54) is 31.2 Å². The van der Waals surface area contributed by atoms with Crippen molar-refractivity contribution in [2.45, 2.75) is 13.0 Å². The number of amides is 1. The molecule has 1 unspecified atom stereocenters. The van der Waals surface area contributed by atoms with Gasteiger partial charge in [0.2, 0.25) is 0 Å². The number of halogens is 2. The fraction of sp³-hybridized carbons (Fsp3) is 0.125. The van der Waals surface area contributed by atoms with Crippen molar-refractivity contribution in [3.8, 4) is 0 Å². The molecular formula is C16H12Cl2N2O5. The molecule has 0 spiro atoms. The molecule has 0 bridgehead atoms. The van der Waals surface area contributed by atoms with Gasteiger partial charge in [-0.1, -0.05) is 35.3 Å². The molecule has 1 atom stereocenters. The fourth-order valence-electron chi connectivity index (χ4n) is 1.86. The minimum Gasteiger partial charge on any atom is -0.449 e. The Bertz CT molecular complexity index is 841. The second-order valence-corrected chi connectivity index (χ2v) is 5.75. The monoisotopic (exact) mass is 382 g/mol. The van der Waals surface area contributed by atoms with E-state index in [1.54, 1.807) is 12.1 Å². The van der Waals surface area contributed by atoms with E-state index in [4.69, 9.17) is 27.9 Å². The molecule has 25 heavy (non-hydrogen) atoms. The van der Waals surface area contributed by atoms with Crippen molar-refractivity contribution in [2.75, 3.05) is 5.32 Å². The van der Waals surface area contributed by atoms with Crippen LogP contribution >= 0.6 is 23.2 Å². The van der Waals surface area contributed by atoms with Crippen molar-refractivity contribution in [1.82, 2.24) is 0 Å². The molecule has 2 aromatic rings. The summed E-state index contributed by atoms with van der Waals surface area (Å²) >= 11 is 11.8. The van der Waals surface area contributed by atoms with E-state index in [9.17, 15) is 19.7 Å². The SMILES string of the molecule is CC(OC(=O)c1ccccc1Cl)C(=O)Nc1cc([N+](=O)[O-])ccc1Cl. The maximum atomic E-state index is 12.1. The van der Waals surface area contributed by atoms with Crippen LogP contribution in [0.1, 0.15) is 17.3 Å². The van der Waals surface area contributed by atoms with Crippen molar-refractivity contribution >= 4 is 46.5 Å². The van der Waals surface area contributed by atoms with Crippen LogP contribution in [0.3, 0.4) is 0 Å². The van der Waals surface area contributed by atoms with Crippen LogP contribution in [0.4, 0.5) is 11.4 Å². The number of non-ortho nitro benzene ring substituents is 1. The number of benzene rings is 2. The second kappa shape index (κ2) is 7.96. The highest BCUT2D eigenvalue weighted by Crippen LogP contribution is 2.27.